The maximum absolute atomic E-state index is 11.3. The lowest BCUT2D eigenvalue weighted by molar-refractivity contribution is 0.686. The molecule has 1 aromatic rings. The minimum absolute atomic E-state index is 0.685. The van der Waals surface area contributed by atoms with Gasteiger partial charge >= 0.3 is 0 Å². The first kappa shape index (κ1) is 8.81. The fraction of sp³-hybridized carbons (Fsp3) is 0.250. The Morgan fingerprint density at radius 3 is 2.55 bits per heavy atom. The lowest BCUT2D eigenvalue weighted by Gasteiger charge is -1.97. The summed E-state index contributed by atoms with van der Waals surface area (Å²) in [6.07, 6.45) is 1.96. The highest BCUT2D eigenvalue weighted by molar-refractivity contribution is 8.09. The van der Waals surface area contributed by atoms with Gasteiger partial charge in [0, 0.05) is 4.90 Å². The van der Waals surface area contributed by atoms with E-state index in [0.717, 1.165) is 4.90 Å². The Balaban J connectivity index is 2.69. The van der Waals surface area contributed by atoms with Crippen LogP contribution in [0.25, 0.3) is 0 Å². The Hall–Kier alpha value is -0.280. The zero-order valence-electron chi connectivity index (χ0n) is 6.32. The second-order valence-electron chi connectivity index (χ2n) is 2.07. The monoisotopic (exact) mass is 186 g/mol. The predicted molar refractivity (Wildman–Crippen MR) is 51.2 cm³/mol. The second kappa shape index (κ2) is 4.57. The molecule has 11 heavy (non-hydrogen) atoms. The van der Waals surface area contributed by atoms with E-state index in [0.29, 0.717) is 5.08 Å². The molecule has 0 N–H and O–H groups in total. The molecular weight excluding hydrogens is 176 g/mol. The van der Waals surface area contributed by atoms with Crippen molar-refractivity contribution in [1.29, 1.82) is 0 Å². The standard InChI is InChI=1S/C8H10OS2/c1-10-7-11(9)8-5-3-2-4-6-8/h2-6H,7H2,1H3/t11-/m1/s1. The van der Waals surface area contributed by atoms with Crippen LogP contribution in [0, 0.1) is 0 Å². The predicted octanol–water partition coefficient (Wildman–Crippen LogP) is 2.11. The molecule has 0 aliphatic carbocycles. The molecule has 60 valence electrons. The van der Waals surface area contributed by atoms with Crippen LogP contribution >= 0.6 is 11.8 Å². The molecular formula is C8H10OS2. The smallest absolute Gasteiger partial charge is 0.0736 e. The van der Waals surface area contributed by atoms with Gasteiger partial charge in [-0.25, -0.2) is 0 Å². The van der Waals surface area contributed by atoms with Crippen LogP contribution in [-0.4, -0.2) is 15.5 Å². The van der Waals surface area contributed by atoms with Gasteiger partial charge in [-0.15, -0.1) is 0 Å². The van der Waals surface area contributed by atoms with Crippen molar-refractivity contribution in [3.63, 3.8) is 0 Å². The van der Waals surface area contributed by atoms with Crippen LogP contribution in [0.15, 0.2) is 35.2 Å². The number of hydrogen-bond acceptors (Lipinski definition) is 2. The molecule has 0 aliphatic heterocycles. The van der Waals surface area contributed by atoms with Gasteiger partial charge < -0.3 is 0 Å². The number of rotatable bonds is 3. The lowest BCUT2D eigenvalue weighted by atomic mass is 10.4. The third-order valence-electron chi connectivity index (χ3n) is 1.23. The lowest BCUT2D eigenvalue weighted by Crippen LogP contribution is -1.92. The summed E-state index contributed by atoms with van der Waals surface area (Å²) in [4.78, 5) is 0.918. The van der Waals surface area contributed by atoms with Gasteiger partial charge in [-0.2, -0.15) is 11.8 Å². The van der Waals surface area contributed by atoms with Crippen molar-refractivity contribution in [3.05, 3.63) is 30.3 Å². The van der Waals surface area contributed by atoms with Crippen molar-refractivity contribution >= 4 is 22.6 Å². The van der Waals surface area contributed by atoms with E-state index in [4.69, 9.17) is 0 Å². The highest BCUT2D eigenvalue weighted by atomic mass is 32.2. The third kappa shape index (κ3) is 2.67. The van der Waals surface area contributed by atoms with Crippen LogP contribution in [-0.2, 0) is 10.8 Å². The van der Waals surface area contributed by atoms with Gasteiger partial charge in [-0.3, -0.25) is 4.21 Å². The summed E-state index contributed by atoms with van der Waals surface area (Å²) in [5.74, 6) is 0. The molecule has 3 heteroatoms. The summed E-state index contributed by atoms with van der Waals surface area (Å²) in [7, 11) is -0.820. The topological polar surface area (TPSA) is 17.1 Å². The van der Waals surface area contributed by atoms with Crippen molar-refractivity contribution in [3.8, 4) is 0 Å². The third-order valence-corrected chi connectivity index (χ3v) is 3.83. The summed E-state index contributed by atoms with van der Waals surface area (Å²) < 4.78 is 11.3. The molecule has 0 heterocycles. The molecule has 0 bridgehead atoms. The van der Waals surface area contributed by atoms with E-state index < -0.39 is 10.8 Å². The number of benzene rings is 1. The fourth-order valence-electron chi connectivity index (χ4n) is 0.747. The molecule has 0 aromatic heterocycles. The Morgan fingerprint density at radius 1 is 1.36 bits per heavy atom. The number of thioether (sulfide) groups is 1. The molecule has 0 unspecified atom stereocenters. The van der Waals surface area contributed by atoms with Crippen molar-refractivity contribution in [2.45, 2.75) is 4.90 Å². The normalized spacial score (nSPS) is 12.8. The zero-order chi connectivity index (χ0) is 8.10. The minimum atomic E-state index is -0.820. The minimum Gasteiger partial charge on any atom is -0.253 e. The summed E-state index contributed by atoms with van der Waals surface area (Å²) in [5.41, 5.74) is 0. The van der Waals surface area contributed by atoms with Crippen molar-refractivity contribution < 1.29 is 4.21 Å². The quantitative estimate of drug-likeness (QED) is 0.719. The van der Waals surface area contributed by atoms with E-state index in [1.807, 2.05) is 36.6 Å². The summed E-state index contributed by atoms with van der Waals surface area (Å²) in [5, 5.41) is 0.685. The molecule has 0 amide bonds. The van der Waals surface area contributed by atoms with Crippen LogP contribution in [0.1, 0.15) is 0 Å². The van der Waals surface area contributed by atoms with Gasteiger partial charge in [-0.1, -0.05) is 18.2 Å². The van der Waals surface area contributed by atoms with E-state index >= 15 is 0 Å². The molecule has 0 aliphatic rings. The zero-order valence-corrected chi connectivity index (χ0v) is 7.95. The number of hydrogen-bond donors (Lipinski definition) is 0. The Bertz CT molecular complexity index is 233. The first-order chi connectivity index (χ1) is 5.34. The molecule has 0 radical (unpaired) electrons. The van der Waals surface area contributed by atoms with Gasteiger partial charge in [-0.05, 0) is 18.4 Å². The molecule has 1 rings (SSSR count). The highest BCUT2D eigenvalue weighted by Crippen LogP contribution is 2.08. The maximum atomic E-state index is 11.3. The van der Waals surface area contributed by atoms with Gasteiger partial charge in [0.15, 0.2) is 0 Å². The van der Waals surface area contributed by atoms with Gasteiger partial charge in [0.2, 0.25) is 0 Å². The maximum Gasteiger partial charge on any atom is 0.0736 e. The van der Waals surface area contributed by atoms with E-state index in [9.17, 15) is 4.21 Å². The molecule has 0 saturated heterocycles. The molecule has 1 nitrogen and oxygen atoms in total. The molecule has 0 spiro atoms. The van der Waals surface area contributed by atoms with E-state index in [1.165, 1.54) is 0 Å². The molecule has 1 aromatic carbocycles. The van der Waals surface area contributed by atoms with Crippen LogP contribution in [0.3, 0.4) is 0 Å². The first-order valence-electron chi connectivity index (χ1n) is 3.27. The Kier molecular flexibility index (Phi) is 3.66. The SMILES string of the molecule is CSC[S@@](=O)c1ccccc1. The molecule has 0 fully saturated rings. The van der Waals surface area contributed by atoms with Crippen LogP contribution in [0.2, 0.25) is 0 Å². The van der Waals surface area contributed by atoms with Crippen molar-refractivity contribution in [2.24, 2.45) is 0 Å². The van der Waals surface area contributed by atoms with Crippen LogP contribution < -0.4 is 0 Å². The second-order valence-corrected chi connectivity index (χ2v) is 4.75. The van der Waals surface area contributed by atoms with E-state index in [-0.39, 0.29) is 0 Å². The summed E-state index contributed by atoms with van der Waals surface area (Å²) in [6, 6.07) is 9.54. The highest BCUT2D eigenvalue weighted by Gasteiger charge is 1.99. The fourth-order valence-corrected chi connectivity index (χ4v) is 2.61. The van der Waals surface area contributed by atoms with Crippen LogP contribution in [0.5, 0.6) is 0 Å². The molecule has 0 saturated carbocycles. The average Bonchev–Trinajstić information content (AvgIpc) is 2.07. The van der Waals surface area contributed by atoms with E-state index in [2.05, 4.69) is 0 Å². The van der Waals surface area contributed by atoms with Gasteiger partial charge in [0.05, 0.1) is 15.9 Å². The van der Waals surface area contributed by atoms with E-state index in [1.54, 1.807) is 11.8 Å². The Morgan fingerprint density at radius 2 is 2.00 bits per heavy atom. The largest absolute Gasteiger partial charge is 0.253 e. The van der Waals surface area contributed by atoms with Crippen molar-refractivity contribution in [1.82, 2.24) is 0 Å². The van der Waals surface area contributed by atoms with Gasteiger partial charge in [0.25, 0.3) is 0 Å². The van der Waals surface area contributed by atoms with Crippen molar-refractivity contribution in [2.75, 3.05) is 11.3 Å². The first-order valence-corrected chi connectivity index (χ1v) is 5.98. The van der Waals surface area contributed by atoms with Crippen LogP contribution in [0.4, 0.5) is 0 Å². The molecule has 1 atom stereocenters. The summed E-state index contributed by atoms with van der Waals surface area (Å²) >= 11 is 1.60. The average molecular weight is 186 g/mol. The Labute approximate surface area is 73.7 Å². The van der Waals surface area contributed by atoms with Gasteiger partial charge in [0.1, 0.15) is 0 Å². The summed E-state index contributed by atoms with van der Waals surface area (Å²) in [6.45, 7) is 0.